The number of hydrogen-bond acceptors (Lipinski definition) is 3. The van der Waals surface area contributed by atoms with Crippen LogP contribution in [0.1, 0.15) is 31.7 Å². The summed E-state index contributed by atoms with van der Waals surface area (Å²) in [5.74, 6) is -0.523. The maximum atomic E-state index is 12.4. The molecule has 5 heteroatoms. The van der Waals surface area contributed by atoms with E-state index in [0.717, 1.165) is 5.56 Å². The lowest BCUT2D eigenvalue weighted by Crippen LogP contribution is -2.48. The maximum Gasteiger partial charge on any atom is 0.242 e. The van der Waals surface area contributed by atoms with Crippen molar-refractivity contribution in [3.8, 4) is 0 Å². The van der Waals surface area contributed by atoms with E-state index < -0.39 is 12.0 Å². The van der Waals surface area contributed by atoms with Crippen LogP contribution in [0, 0.1) is 5.92 Å². The van der Waals surface area contributed by atoms with Gasteiger partial charge in [-0.05, 0) is 17.9 Å². The number of amides is 2. The average Bonchev–Trinajstić information content (AvgIpc) is 2.47. The number of likely N-dealkylation sites (N-methyl/N-ethyl adjacent to an activating group) is 1. The summed E-state index contributed by atoms with van der Waals surface area (Å²) in [4.78, 5) is 24.3. The quantitative estimate of drug-likeness (QED) is 0.701. The van der Waals surface area contributed by atoms with E-state index in [1.807, 2.05) is 44.2 Å². The van der Waals surface area contributed by atoms with Gasteiger partial charge in [0.05, 0.1) is 5.92 Å². The van der Waals surface area contributed by atoms with Crippen LogP contribution < -0.4 is 16.4 Å². The zero-order valence-corrected chi connectivity index (χ0v) is 12.9. The Morgan fingerprint density at radius 3 is 2.24 bits per heavy atom. The van der Waals surface area contributed by atoms with Gasteiger partial charge in [-0.2, -0.15) is 0 Å². The fraction of sp³-hybridized carbons (Fsp3) is 0.500. The van der Waals surface area contributed by atoms with Crippen molar-refractivity contribution in [1.82, 2.24) is 10.6 Å². The number of nitrogens with two attached hydrogens (primary N) is 1. The molecule has 0 fully saturated rings. The van der Waals surface area contributed by atoms with Gasteiger partial charge in [0.25, 0.3) is 0 Å². The first-order valence-corrected chi connectivity index (χ1v) is 7.26. The van der Waals surface area contributed by atoms with Crippen molar-refractivity contribution in [3.63, 3.8) is 0 Å². The minimum absolute atomic E-state index is 0.180. The lowest BCUT2D eigenvalue weighted by molar-refractivity contribution is -0.129. The number of carbonyl (C=O) groups is 2. The van der Waals surface area contributed by atoms with Gasteiger partial charge < -0.3 is 16.4 Å². The van der Waals surface area contributed by atoms with Gasteiger partial charge in [0, 0.05) is 13.6 Å². The summed E-state index contributed by atoms with van der Waals surface area (Å²) in [5.41, 5.74) is 6.59. The lowest BCUT2D eigenvalue weighted by Gasteiger charge is -2.22. The maximum absolute atomic E-state index is 12.4. The molecular formula is C16H25N3O2. The van der Waals surface area contributed by atoms with Gasteiger partial charge in [-0.1, -0.05) is 44.2 Å². The van der Waals surface area contributed by atoms with Crippen molar-refractivity contribution in [2.24, 2.45) is 11.7 Å². The van der Waals surface area contributed by atoms with E-state index >= 15 is 0 Å². The predicted molar refractivity (Wildman–Crippen MR) is 83.7 cm³/mol. The van der Waals surface area contributed by atoms with Crippen molar-refractivity contribution in [2.45, 2.75) is 32.2 Å². The van der Waals surface area contributed by atoms with E-state index in [4.69, 9.17) is 5.73 Å². The second-order valence-electron chi connectivity index (χ2n) is 5.50. The van der Waals surface area contributed by atoms with Gasteiger partial charge >= 0.3 is 0 Å². The summed E-state index contributed by atoms with van der Waals surface area (Å²) in [5, 5.41) is 5.41. The van der Waals surface area contributed by atoms with Crippen LogP contribution in [-0.2, 0) is 9.59 Å². The molecule has 0 aliphatic rings. The van der Waals surface area contributed by atoms with Crippen LogP contribution in [0.2, 0.25) is 0 Å². The molecule has 0 aliphatic carbocycles. The van der Waals surface area contributed by atoms with Crippen LogP contribution in [0.25, 0.3) is 0 Å². The molecule has 0 saturated heterocycles. The number of hydrogen-bond donors (Lipinski definition) is 3. The molecule has 116 valence electrons. The van der Waals surface area contributed by atoms with Crippen molar-refractivity contribution >= 4 is 11.8 Å². The molecule has 5 nitrogen and oxygen atoms in total. The Bertz CT molecular complexity index is 460. The third-order valence-electron chi connectivity index (χ3n) is 3.34. The van der Waals surface area contributed by atoms with Crippen LogP contribution >= 0.6 is 0 Å². The molecule has 0 aliphatic heterocycles. The summed E-state index contributed by atoms with van der Waals surface area (Å²) in [6, 6.07) is 8.84. The number of nitrogens with one attached hydrogen (secondary N) is 2. The topological polar surface area (TPSA) is 84.2 Å². The van der Waals surface area contributed by atoms with E-state index in [-0.39, 0.29) is 18.4 Å². The van der Waals surface area contributed by atoms with E-state index in [2.05, 4.69) is 10.6 Å². The van der Waals surface area contributed by atoms with E-state index in [1.54, 1.807) is 7.05 Å². The fourth-order valence-corrected chi connectivity index (χ4v) is 2.23. The van der Waals surface area contributed by atoms with Crippen molar-refractivity contribution in [3.05, 3.63) is 35.9 Å². The Morgan fingerprint density at radius 1 is 1.14 bits per heavy atom. The first-order chi connectivity index (χ1) is 9.99. The van der Waals surface area contributed by atoms with Crippen LogP contribution in [0.4, 0.5) is 0 Å². The number of carbonyl (C=O) groups excluding carboxylic acids is 2. The third-order valence-corrected chi connectivity index (χ3v) is 3.34. The molecule has 0 heterocycles. The number of benzene rings is 1. The summed E-state index contributed by atoms with van der Waals surface area (Å²) in [7, 11) is 1.57. The zero-order chi connectivity index (χ0) is 15.8. The second-order valence-corrected chi connectivity index (χ2v) is 5.50. The van der Waals surface area contributed by atoms with Gasteiger partial charge in [0.1, 0.15) is 6.04 Å². The largest absolute Gasteiger partial charge is 0.357 e. The molecule has 21 heavy (non-hydrogen) atoms. The van der Waals surface area contributed by atoms with Gasteiger partial charge in [-0.15, -0.1) is 0 Å². The van der Waals surface area contributed by atoms with E-state index in [9.17, 15) is 9.59 Å². The van der Waals surface area contributed by atoms with Gasteiger partial charge in [0.15, 0.2) is 0 Å². The van der Waals surface area contributed by atoms with Crippen LogP contribution in [0.5, 0.6) is 0 Å². The molecule has 1 aromatic carbocycles. The van der Waals surface area contributed by atoms with Crippen LogP contribution in [-0.4, -0.2) is 31.4 Å². The molecule has 0 aromatic heterocycles. The second kappa shape index (κ2) is 8.42. The zero-order valence-electron chi connectivity index (χ0n) is 12.9. The summed E-state index contributed by atoms with van der Waals surface area (Å²) in [6.07, 6.45) is 0.595. The Morgan fingerprint density at radius 2 is 1.76 bits per heavy atom. The minimum atomic E-state index is -0.528. The first-order valence-electron chi connectivity index (χ1n) is 7.26. The standard InChI is InChI=1S/C16H25N3O2/c1-11(2)9-14(16(21)18-3)19-15(20)13(10-17)12-7-5-4-6-8-12/h4-8,11,13-14H,9-10,17H2,1-3H3,(H,18,21)(H,19,20). The molecule has 1 rings (SSSR count). The minimum Gasteiger partial charge on any atom is -0.357 e. The lowest BCUT2D eigenvalue weighted by atomic mass is 9.96. The highest BCUT2D eigenvalue weighted by atomic mass is 16.2. The smallest absolute Gasteiger partial charge is 0.242 e. The van der Waals surface area contributed by atoms with Gasteiger partial charge in [0.2, 0.25) is 11.8 Å². The Labute approximate surface area is 126 Å². The summed E-state index contributed by atoms with van der Waals surface area (Å²) >= 11 is 0. The van der Waals surface area contributed by atoms with E-state index in [1.165, 1.54) is 0 Å². The molecule has 4 N–H and O–H groups in total. The monoisotopic (exact) mass is 291 g/mol. The predicted octanol–water partition coefficient (Wildman–Crippen LogP) is 1.01. The van der Waals surface area contributed by atoms with Crippen LogP contribution in [0.3, 0.4) is 0 Å². The van der Waals surface area contributed by atoms with E-state index in [0.29, 0.717) is 12.3 Å². The molecule has 2 atom stereocenters. The van der Waals surface area contributed by atoms with Gasteiger partial charge in [-0.25, -0.2) is 0 Å². The fourth-order valence-electron chi connectivity index (χ4n) is 2.23. The van der Waals surface area contributed by atoms with Crippen molar-refractivity contribution in [2.75, 3.05) is 13.6 Å². The highest BCUT2D eigenvalue weighted by Crippen LogP contribution is 2.15. The Kier molecular flexibility index (Phi) is 6.88. The summed E-state index contributed by atoms with van der Waals surface area (Å²) in [6.45, 7) is 4.23. The Hall–Kier alpha value is -1.88. The molecule has 0 spiro atoms. The summed E-state index contributed by atoms with van der Waals surface area (Å²) < 4.78 is 0. The number of rotatable bonds is 7. The highest BCUT2D eigenvalue weighted by molar-refractivity contribution is 5.90. The first kappa shape index (κ1) is 17.2. The normalized spacial score (nSPS) is 13.6. The third kappa shape index (κ3) is 5.19. The molecule has 1 aromatic rings. The van der Waals surface area contributed by atoms with Crippen molar-refractivity contribution in [1.29, 1.82) is 0 Å². The van der Waals surface area contributed by atoms with Crippen LogP contribution in [0.15, 0.2) is 30.3 Å². The Balaban J connectivity index is 2.81. The molecule has 0 bridgehead atoms. The highest BCUT2D eigenvalue weighted by Gasteiger charge is 2.25. The molecule has 2 unspecified atom stereocenters. The van der Waals surface area contributed by atoms with Crippen molar-refractivity contribution < 1.29 is 9.59 Å². The average molecular weight is 291 g/mol. The molecule has 0 saturated carbocycles. The molecule has 0 radical (unpaired) electrons. The molecule has 2 amide bonds. The SMILES string of the molecule is CNC(=O)C(CC(C)C)NC(=O)C(CN)c1ccccc1. The molecular weight excluding hydrogens is 266 g/mol. The van der Waals surface area contributed by atoms with Gasteiger partial charge in [-0.3, -0.25) is 9.59 Å².